The summed E-state index contributed by atoms with van der Waals surface area (Å²) in [4.78, 5) is 15.5. The van der Waals surface area contributed by atoms with Crippen LogP contribution in [0.3, 0.4) is 0 Å². The molecule has 1 aromatic carbocycles. The van der Waals surface area contributed by atoms with Gasteiger partial charge in [0.25, 0.3) is 0 Å². The second-order valence-corrected chi connectivity index (χ2v) is 5.20. The second-order valence-electron chi connectivity index (χ2n) is 5.20. The fourth-order valence-electron chi connectivity index (χ4n) is 2.59. The molecule has 0 spiro atoms. The van der Waals surface area contributed by atoms with Crippen LogP contribution in [0.25, 0.3) is 0 Å². The van der Waals surface area contributed by atoms with Crippen molar-refractivity contribution >= 4 is 11.7 Å². The molecule has 6 heteroatoms. The van der Waals surface area contributed by atoms with Crippen LogP contribution in [0.2, 0.25) is 0 Å². The molecule has 118 valence electrons. The number of esters is 1. The average Bonchev–Trinajstić information content (AvgIpc) is 2.73. The fourth-order valence-corrected chi connectivity index (χ4v) is 2.59. The molecule has 1 aliphatic heterocycles. The number of nitriles is 1. The second kappa shape index (κ2) is 7.76. The van der Waals surface area contributed by atoms with E-state index in [-0.39, 0.29) is 18.3 Å². The predicted molar refractivity (Wildman–Crippen MR) is 81.0 cm³/mol. The lowest BCUT2D eigenvalue weighted by atomic mass is 10.2. The van der Waals surface area contributed by atoms with E-state index >= 15 is 0 Å². The summed E-state index contributed by atoms with van der Waals surface area (Å²) in [6.45, 7) is 5.28. The summed E-state index contributed by atoms with van der Waals surface area (Å²) in [5.41, 5.74) is 0.831. The first-order chi connectivity index (χ1) is 10.6. The standard InChI is InChI=1S/C16H20FN3O2/c1-2-22-16(21)12-19-6-3-7-20(9-8-19)15-5-4-13(11-18)10-14(15)17/h4-5,10H,2-3,6-9,12H2,1H3. The first-order valence-corrected chi connectivity index (χ1v) is 7.46. The summed E-state index contributed by atoms with van der Waals surface area (Å²) in [6, 6.07) is 6.47. The van der Waals surface area contributed by atoms with E-state index in [0.717, 1.165) is 19.5 Å². The van der Waals surface area contributed by atoms with E-state index in [9.17, 15) is 9.18 Å². The number of hydrogen-bond acceptors (Lipinski definition) is 5. The van der Waals surface area contributed by atoms with Gasteiger partial charge in [-0.05, 0) is 31.5 Å². The summed E-state index contributed by atoms with van der Waals surface area (Å²) < 4.78 is 19.0. The van der Waals surface area contributed by atoms with Gasteiger partial charge in [0, 0.05) is 26.2 Å². The topological polar surface area (TPSA) is 56.6 Å². The van der Waals surface area contributed by atoms with Crippen LogP contribution in [0.15, 0.2) is 18.2 Å². The number of rotatable bonds is 4. The molecule has 0 atom stereocenters. The molecule has 0 aliphatic carbocycles. The average molecular weight is 305 g/mol. The molecule has 0 amide bonds. The number of ether oxygens (including phenoxy) is 1. The zero-order valence-electron chi connectivity index (χ0n) is 12.7. The van der Waals surface area contributed by atoms with Gasteiger partial charge in [0.15, 0.2) is 0 Å². The molecule has 0 aromatic heterocycles. The Balaban J connectivity index is 1.98. The Morgan fingerprint density at radius 3 is 2.86 bits per heavy atom. The van der Waals surface area contributed by atoms with Gasteiger partial charge in [0.05, 0.1) is 30.5 Å². The molecule has 2 rings (SSSR count). The molecule has 0 radical (unpaired) electrons. The van der Waals surface area contributed by atoms with Gasteiger partial charge in [-0.25, -0.2) is 4.39 Å². The van der Waals surface area contributed by atoms with Crippen molar-refractivity contribution in [1.29, 1.82) is 5.26 Å². The van der Waals surface area contributed by atoms with Crippen LogP contribution in [-0.2, 0) is 9.53 Å². The summed E-state index contributed by atoms with van der Waals surface area (Å²) in [5.74, 6) is -0.599. The van der Waals surface area contributed by atoms with Gasteiger partial charge in [-0.2, -0.15) is 5.26 Å². The molecule has 1 aliphatic rings. The van der Waals surface area contributed by atoms with E-state index in [1.807, 2.05) is 15.9 Å². The van der Waals surface area contributed by atoms with Gasteiger partial charge < -0.3 is 9.64 Å². The number of carbonyl (C=O) groups is 1. The molecule has 22 heavy (non-hydrogen) atoms. The number of benzene rings is 1. The minimum absolute atomic E-state index is 0.222. The Bertz CT molecular complexity index is 571. The van der Waals surface area contributed by atoms with Crippen molar-refractivity contribution < 1.29 is 13.9 Å². The molecule has 1 aromatic rings. The van der Waals surface area contributed by atoms with Crippen LogP contribution >= 0.6 is 0 Å². The van der Waals surface area contributed by atoms with Crippen molar-refractivity contribution in [2.45, 2.75) is 13.3 Å². The highest BCUT2D eigenvalue weighted by Crippen LogP contribution is 2.21. The lowest BCUT2D eigenvalue weighted by Gasteiger charge is -2.23. The zero-order valence-corrected chi connectivity index (χ0v) is 12.7. The Hall–Kier alpha value is -2.13. The summed E-state index contributed by atoms with van der Waals surface area (Å²) in [6.07, 6.45) is 0.846. The summed E-state index contributed by atoms with van der Waals surface area (Å²) in [7, 11) is 0. The van der Waals surface area contributed by atoms with Crippen LogP contribution in [0.5, 0.6) is 0 Å². The van der Waals surface area contributed by atoms with Gasteiger partial charge in [-0.3, -0.25) is 9.69 Å². The maximum Gasteiger partial charge on any atom is 0.320 e. The number of anilines is 1. The lowest BCUT2D eigenvalue weighted by molar-refractivity contribution is -0.144. The van der Waals surface area contributed by atoms with Crippen molar-refractivity contribution in [2.75, 3.05) is 44.2 Å². The first kappa shape index (κ1) is 16.2. The third kappa shape index (κ3) is 4.18. The SMILES string of the molecule is CCOC(=O)CN1CCCN(c2ccc(C#N)cc2F)CC1. The molecule has 0 bridgehead atoms. The Morgan fingerprint density at radius 1 is 1.36 bits per heavy atom. The van der Waals surface area contributed by atoms with Gasteiger partial charge >= 0.3 is 5.97 Å². The van der Waals surface area contributed by atoms with Crippen LogP contribution in [0, 0.1) is 17.1 Å². The Morgan fingerprint density at radius 2 is 2.18 bits per heavy atom. The van der Waals surface area contributed by atoms with Crippen LogP contribution < -0.4 is 4.90 Å². The third-order valence-electron chi connectivity index (χ3n) is 3.66. The van der Waals surface area contributed by atoms with E-state index < -0.39 is 0 Å². The molecule has 1 saturated heterocycles. The predicted octanol–water partition coefficient (Wildman–Crippen LogP) is 1.77. The number of nitrogens with zero attached hydrogens (tertiary/aromatic N) is 3. The zero-order chi connectivity index (χ0) is 15.9. The molecular weight excluding hydrogens is 285 g/mol. The van der Waals surface area contributed by atoms with Crippen molar-refractivity contribution in [2.24, 2.45) is 0 Å². The molecular formula is C16H20FN3O2. The number of hydrogen-bond donors (Lipinski definition) is 0. The largest absolute Gasteiger partial charge is 0.465 e. The maximum absolute atomic E-state index is 14.1. The minimum atomic E-state index is -0.377. The smallest absolute Gasteiger partial charge is 0.320 e. The van der Waals surface area contributed by atoms with E-state index in [2.05, 4.69) is 0 Å². The Kier molecular flexibility index (Phi) is 5.73. The maximum atomic E-state index is 14.1. The van der Waals surface area contributed by atoms with E-state index in [1.54, 1.807) is 19.1 Å². The van der Waals surface area contributed by atoms with Crippen molar-refractivity contribution in [3.63, 3.8) is 0 Å². The summed E-state index contributed by atoms with van der Waals surface area (Å²) in [5, 5.41) is 8.79. The molecule has 5 nitrogen and oxygen atoms in total. The third-order valence-corrected chi connectivity index (χ3v) is 3.66. The summed E-state index contributed by atoms with van der Waals surface area (Å²) >= 11 is 0. The van der Waals surface area contributed by atoms with E-state index in [4.69, 9.17) is 10.00 Å². The van der Waals surface area contributed by atoms with E-state index in [0.29, 0.717) is 30.9 Å². The van der Waals surface area contributed by atoms with Crippen molar-refractivity contribution in [3.8, 4) is 6.07 Å². The van der Waals surface area contributed by atoms with Crippen LogP contribution in [-0.4, -0.2) is 50.2 Å². The lowest BCUT2D eigenvalue weighted by Crippen LogP contribution is -2.35. The first-order valence-electron chi connectivity index (χ1n) is 7.46. The molecule has 0 unspecified atom stereocenters. The number of carbonyl (C=O) groups excluding carboxylic acids is 1. The fraction of sp³-hybridized carbons (Fsp3) is 0.500. The van der Waals surface area contributed by atoms with Gasteiger partial charge in [-0.1, -0.05) is 0 Å². The van der Waals surface area contributed by atoms with Crippen molar-refractivity contribution in [3.05, 3.63) is 29.6 Å². The molecule has 0 N–H and O–H groups in total. The molecule has 1 heterocycles. The van der Waals surface area contributed by atoms with Gasteiger partial charge in [0.2, 0.25) is 0 Å². The molecule has 1 fully saturated rings. The van der Waals surface area contributed by atoms with Crippen molar-refractivity contribution in [1.82, 2.24) is 4.90 Å². The van der Waals surface area contributed by atoms with E-state index in [1.165, 1.54) is 6.07 Å². The highest BCUT2D eigenvalue weighted by atomic mass is 19.1. The quantitative estimate of drug-likeness (QED) is 0.794. The monoisotopic (exact) mass is 305 g/mol. The Labute approximate surface area is 129 Å². The normalized spacial score (nSPS) is 16.0. The van der Waals surface area contributed by atoms with Crippen LogP contribution in [0.1, 0.15) is 18.9 Å². The van der Waals surface area contributed by atoms with Gasteiger partial charge in [-0.15, -0.1) is 0 Å². The van der Waals surface area contributed by atoms with Gasteiger partial charge in [0.1, 0.15) is 5.82 Å². The highest BCUT2D eigenvalue weighted by molar-refractivity contribution is 5.71. The minimum Gasteiger partial charge on any atom is -0.465 e. The number of halogens is 1. The van der Waals surface area contributed by atoms with Crippen LogP contribution in [0.4, 0.5) is 10.1 Å². The highest BCUT2D eigenvalue weighted by Gasteiger charge is 2.19. The molecule has 0 saturated carbocycles.